The third-order valence-corrected chi connectivity index (χ3v) is 4.05. The van der Waals surface area contributed by atoms with Crippen LogP contribution in [0.3, 0.4) is 0 Å². The van der Waals surface area contributed by atoms with Gasteiger partial charge < -0.3 is 10.4 Å². The Balaban J connectivity index is 2.39. The van der Waals surface area contributed by atoms with E-state index in [1.807, 2.05) is 32.9 Å². The maximum absolute atomic E-state index is 12.0. The van der Waals surface area contributed by atoms with Gasteiger partial charge in [0.25, 0.3) is 0 Å². The molecule has 3 nitrogen and oxygen atoms in total. The molecular weight excluding hydrogens is 238 g/mol. The third kappa shape index (κ3) is 2.39. The van der Waals surface area contributed by atoms with Crippen molar-refractivity contribution in [3.05, 3.63) is 28.8 Å². The predicted molar refractivity (Wildman–Crippen MR) is 77.3 cm³/mol. The summed E-state index contributed by atoms with van der Waals surface area (Å²) in [5, 5.41) is 13.2. The largest absolute Gasteiger partial charge is 0.388 e. The maximum atomic E-state index is 12.0. The van der Waals surface area contributed by atoms with Crippen molar-refractivity contribution < 1.29 is 9.90 Å². The fourth-order valence-corrected chi connectivity index (χ4v) is 2.62. The summed E-state index contributed by atoms with van der Waals surface area (Å²) in [6.07, 6.45) is 2.43. The zero-order valence-electron chi connectivity index (χ0n) is 12.2. The van der Waals surface area contributed by atoms with Crippen molar-refractivity contribution in [3.63, 3.8) is 0 Å². The lowest BCUT2D eigenvalue weighted by molar-refractivity contribution is -0.119. The number of rotatable bonds is 4. The molecule has 1 heterocycles. The van der Waals surface area contributed by atoms with E-state index < -0.39 is 11.5 Å². The number of carbonyl (C=O) groups excluding carboxylic acids is 1. The fourth-order valence-electron chi connectivity index (χ4n) is 2.62. The van der Waals surface area contributed by atoms with Crippen LogP contribution in [-0.4, -0.2) is 11.0 Å². The smallest absolute Gasteiger partial charge is 0.234 e. The maximum Gasteiger partial charge on any atom is 0.234 e. The van der Waals surface area contributed by atoms with E-state index in [-0.39, 0.29) is 5.91 Å². The van der Waals surface area contributed by atoms with Gasteiger partial charge in [-0.3, -0.25) is 4.79 Å². The quantitative estimate of drug-likeness (QED) is 0.872. The topological polar surface area (TPSA) is 49.3 Å². The Labute approximate surface area is 115 Å². The molecule has 0 saturated carbocycles. The Kier molecular flexibility index (Phi) is 3.68. The summed E-state index contributed by atoms with van der Waals surface area (Å²) >= 11 is 0. The number of nitrogens with one attached hydrogen (secondary N) is 1. The third-order valence-electron chi connectivity index (χ3n) is 4.05. The van der Waals surface area contributed by atoms with Crippen LogP contribution in [0.2, 0.25) is 0 Å². The number of benzene rings is 1. The van der Waals surface area contributed by atoms with E-state index in [1.54, 1.807) is 0 Å². The molecule has 1 aromatic carbocycles. The molecule has 1 aromatic rings. The minimum Gasteiger partial charge on any atom is -0.388 e. The summed E-state index contributed by atoms with van der Waals surface area (Å²) in [5.74, 6) is 0.0331. The molecule has 0 aromatic heterocycles. The van der Waals surface area contributed by atoms with Crippen LogP contribution in [0, 0.1) is 6.92 Å². The lowest BCUT2D eigenvalue weighted by atomic mass is 9.83. The Hall–Kier alpha value is -1.35. The summed E-state index contributed by atoms with van der Waals surface area (Å²) in [5.41, 5.74) is 3.36. The molecule has 1 aliphatic rings. The van der Waals surface area contributed by atoms with Crippen molar-refractivity contribution in [1.82, 2.24) is 0 Å². The summed E-state index contributed by atoms with van der Waals surface area (Å²) in [6.45, 7) is 7.95. The molecule has 0 radical (unpaired) electrons. The molecule has 2 N–H and O–H groups in total. The zero-order chi connectivity index (χ0) is 14.2. The minimum atomic E-state index is -0.513. The van der Waals surface area contributed by atoms with E-state index in [9.17, 15) is 9.90 Å². The molecule has 2 rings (SSSR count). The number of hydrogen-bond donors (Lipinski definition) is 2. The highest BCUT2D eigenvalue weighted by Crippen LogP contribution is 2.41. The SMILES string of the molecule is CCCCC(O)c1cc(C)c2c(c1)C(C)(C)C(=O)N2. The van der Waals surface area contributed by atoms with Crippen molar-refractivity contribution in [2.24, 2.45) is 0 Å². The Morgan fingerprint density at radius 3 is 2.68 bits per heavy atom. The van der Waals surface area contributed by atoms with Gasteiger partial charge in [0.1, 0.15) is 0 Å². The summed E-state index contributed by atoms with van der Waals surface area (Å²) in [4.78, 5) is 12.0. The van der Waals surface area contributed by atoms with Crippen molar-refractivity contribution in [3.8, 4) is 0 Å². The van der Waals surface area contributed by atoms with Gasteiger partial charge in [-0.15, -0.1) is 0 Å². The number of carbonyl (C=O) groups is 1. The average molecular weight is 261 g/mol. The molecule has 1 aliphatic heterocycles. The van der Waals surface area contributed by atoms with E-state index in [1.165, 1.54) is 0 Å². The first kappa shape index (κ1) is 14.1. The molecule has 0 fully saturated rings. The summed E-state index contributed by atoms with van der Waals surface area (Å²) in [6, 6.07) is 3.97. The first-order chi connectivity index (χ1) is 8.87. The van der Waals surface area contributed by atoms with Gasteiger partial charge in [0.05, 0.1) is 11.5 Å². The number of hydrogen-bond acceptors (Lipinski definition) is 2. The molecule has 1 atom stereocenters. The summed E-state index contributed by atoms with van der Waals surface area (Å²) < 4.78 is 0. The predicted octanol–water partition coefficient (Wildman–Crippen LogP) is 3.45. The van der Waals surface area contributed by atoms with E-state index in [2.05, 4.69) is 12.2 Å². The number of aryl methyl sites for hydroxylation is 1. The minimum absolute atomic E-state index is 0.0331. The number of amides is 1. The normalized spacial score (nSPS) is 18.1. The number of aliphatic hydroxyl groups is 1. The number of aliphatic hydroxyl groups excluding tert-OH is 1. The second kappa shape index (κ2) is 4.97. The van der Waals surface area contributed by atoms with E-state index >= 15 is 0 Å². The molecular formula is C16H23NO2. The molecule has 19 heavy (non-hydrogen) atoms. The lowest BCUT2D eigenvalue weighted by Gasteiger charge is -2.18. The van der Waals surface area contributed by atoms with Crippen LogP contribution in [0.15, 0.2) is 12.1 Å². The van der Waals surface area contributed by atoms with Crippen molar-refractivity contribution in [2.45, 2.75) is 58.5 Å². The van der Waals surface area contributed by atoms with Crippen molar-refractivity contribution in [2.75, 3.05) is 5.32 Å². The van der Waals surface area contributed by atoms with Gasteiger partial charge in [0.15, 0.2) is 0 Å². The van der Waals surface area contributed by atoms with Crippen LogP contribution in [0.4, 0.5) is 5.69 Å². The Morgan fingerprint density at radius 2 is 2.05 bits per heavy atom. The van der Waals surface area contributed by atoms with Crippen LogP contribution in [0.5, 0.6) is 0 Å². The van der Waals surface area contributed by atoms with Crippen LogP contribution < -0.4 is 5.32 Å². The highest BCUT2D eigenvalue weighted by atomic mass is 16.3. The molecule has 104 valence electrons. The van der Waals surface area contributed by atoms with Gasteiger partial charge in [-0.25, -0.2) is 0 Å². The second-order valence-corrected chi connectivity index (χ2v) is 6.00. The summed E-state index contributed by atoms with van der Waals surface area (Å²) in [7, 11) is 0. The lowest BCUT2D eigenvalue weighted by Crippen LogP contribution is -2.26. The van der Waals surface area contributed by atoms with Gasteiger partial charge in [0.2, 0.25) is 5.91 Å². The Morgan fingerprint density at radius 1 is 1.37 bits per heavy atom. The Bertz CT molecular complexity index is 506. The van der Waals surface area contributed by atoms with E-state index in [0.717, 1.165) is 41.6 Å². The van der Waals surface area contributed by atoms with Gasteiger partial charge in [-0.05, 0) is 43.9 Å². The van der Waals surface area contributed by atoms with Gasteiger partial charge in [-0.2, -0.15) is 0 Å². The monoisotopic (exact) mass is 261 g/mol. The molecule has 0 saturated heterocycles. The van der Waals surface area contributed by atoms with Gasteiger partial charge >= 0.3 is 0 Å². The van der Waals surface area contributed by atoms with Crippen LogP contribution in [-0.2, 0) is 10.2 Å². The van der Waals surface area contributed by atoms with E-state index in [0.29, 0.717) is 0 Å². The van der Waals surface area contributed by atoms with E-state index in [4.69, 9.17) is 0 Å². The molecule has 1 unspecified atom stereocenters. The number of unbranched alkanes of at least 4 members (excludes halogenated alkanes) is 1. The zero-order valence-corrected chi connectivity index (χ0v) is 12.2. The highest BCUT2D eigenvalue weighted by Gasteiger charge is 2.39. The number of fused-ring (bicyclic) bond motifs is 1. The van der Waals surface area contributed by atoms with Crippen LogP contribution in [0.25, 0.3) is 0 Å². The first-order valence-electron chi connectivity index (χ1n) is 7.02. The van der Waals surface area contributed by atoms with Crippen molar-refractivity contribution >= 4 is 11.6 Å². The fraction of sp³-hybridized carbons (Fsp3) is 0.562. The molecule has 0 bridgehead atoms. The highest BCUT2D eigenvalue weighted by molar-refractivity contribution is 6.06. The molecule has 0 aliphatic carbocycles. The molecule has 3 heteroatoms. The first-order valence-corrected chi connectivity index (χ1v) is 7.02. The van der Waals surface area contributed by atoms with Crippen molar-refractivity contribution in [1.29, 1.82) is 0 Å². The van der Waals surface area contributed by atoms with Gasteiger partial charge in [-0.1, -0.05) is 31.9 Å². The number of anilines is 1. The second-order valence-electron chi connectivity index (χ2n) is 6.00. The molecule has 0 spiro atoms. The average Bonchev–Trinajstić information content (AvgIpc) is 2.59. The van der Waals surface area contributed by atoms with Crippen LogP contribution >= 0.6 is 0 Å². The molecule has 1 amide bonds. The standard InChI is InChI=1S/C16H23NO2/c1-5-6-7-13(18)11-8-10(2)14-12(9-11)16(3,4)15(19)17-14/h8-9,13,18H,5-7H2,1-4H3,(H,17,19). The van der Waals surface area contributed by atoms with Gasteiger partial charge in [0, 0.05) is 5.69 Å². The van der Waals surface area contributed by atoms with Crippen LogP contribution in [0.1, 0.15) is 62.8 Å².